The molecule has 6 nitrogen and oxygen atoms in total. The minimum Gasteiger partial charge on any atom is -0.369 e. The summed E-state index contributed by atoms with van der Waals surface area (Å²) in [7, 11) is -1.89. The number of aromatic nitrogens is 1. The Balaban J connectivity index is 2.75. The van der Waals surface area contributed by atoms with E-state index in [2.05, 4.69) is 20.3 Å². The molecule has 0 spiro atoms. The monoisotopic (exact) mass is 326 g/mol. The van der Waals surface area contributed by atoms with E-state index in [1.54, 1.807) is 6.07 Å². The van der Waals surface area contributed by atoms with Crippen LogP contribution in [0.15, 0.2) is 6.07 Å². The van der Waals surface area contributed by atoms with Crippen molar-refractivity contribution in [3.63, 3.8) is 0 Å². The molecule has 0 amide bonds. The van der Waals surface area contributed by atoms with Crippen LogP contribution in [0.1, 0.15) is 6.92 Å². The molecule has 0 radical (unpaired) electrons. The first-order chi connectivity index (χ1) is 8.89. The molecule has 1 rings (SSSR count). The lowest BCUT2D eigenvalue weighted by molar-refractivity contribution is 0.588. The third-order valence-electron chi connectivity index (χ3n) is 2.25. The number of rotatable bonds is 7. The first kappa shape index (κ1) is 16.3. The maximum absolute atomic E-state index is 11.3. The van der Waals surface area contributed by atoms with Crippen molar-refractivity contribution in [3.05, 3.63) is 16.1 Å². The third-order valence-corrected chi connectivity index (χ3v) is 4.19. The van der Waals surface area contributed by atoms with Crippen molar-refractivity contribution in [2.24, 2.45) is 0 Å². The lowest BCUT2D eigenvalue weighted by Gasteiger charge is -2.11. The molecule has 0 fully saturated rings. The van der Waals surface area contributed by atoms with Crippen LogP contribution in [0, 0.1) is 0 Å². The van der Waals surface area contributed by atoms with Crippen molar-refractivity contribution in [1.29, 1.82) is 0 Å². The summed E-state index contributed by atoms with van der Waals surface area (Å²) in [6.07, 6.45) is 0. The van der Waals surface area contributed by atoms with Gasteiger partial charge in [-0.2, -0.15) is 0 Å². The highest BCUT2D eigenvalue weighted by Crippen LogP contribution is 2.28. The Morgan fingerprint density at radius 2 is 1.79 bits per heavy atom. The van der Waals surface area contributed by atoms with E-state index < -0.39 is 10.0 Å². The maximum Gasteiger partial charge on any atom is 0.213 e. The second-order valence-corrected chi connectivity index (χ2v) is 6.49. The first-order valence-corrected chi connectivity index (χ1v) is 8.05. The summed E-state index contributed by atoms with van der Waals surface area (Å²) >= 11 is 11.9. The van der Waals surface area contributed by atoms with Crippen LogP contribution in [0.25, 0.3) is 0 Å². The molecule has 0 atom stereocenters. The van der Waals surface area contributed by atoms with E-state index in [-0.39, 0.29) is 12.3 Å². The molecule has 0 aliphatic heterocycles. The van der Waals surface area contributed by atoms with Crippen molar-refractivity contribution in [2.45, 2.75) is 6.92 Å². The van der Waals surface area contributed by atoms with Gasteiger partial charge in [0.05, 0.1) is 15.8 Å². The van der Waals surface area contributed by atoms with Crippen molar-refractivity contribution < 1.29 is 8.42 Å². The van der Waals surface area contributed by atoms with Gasteiger partial charge in [0.15, 0.2) is 0 Å². The molecule has 9 heteroatoms. The van der Waals surface area contributed by atoms with Gasteiger partial charge < -0.3 is 10.6 Å². The van der Waals surface area contributed by atoms with Gasteiger partial charge in [0.25, 0.3) is 0 Å². The Kier molecular flexibility index (Phi) is 6.12. The average Bonchev–Trinajstić information content (AvgIpc) is 2.35. The van der Waals surface area contributed by atoms with E-state index in [1.165, 1.54) is 7.05 Å². The Hall–Kier alpha value is -0.760. The summed E-state index contributed by atoms with van der Waals surface area (Å²) in [5, 5.41) is 6.62. The molecule has 19 heavy (non-hydrogen) atoms. The second-order valence-electron chi connectivity index (χ2n) is 3.63. The summed E-state index contributed by atoms with van der Waals surface area (Å²) in [6, 6.07) is 1.56. The third kappa shape index (κ3) is 5.02. The Bertz CT molecular complexity index is 537. The van der Waals surface area contributed by atoms with E-state index in [4.69, 9.17) is 23.2 Å². The molecule has 1 heterocycles. The molecule has 3 N–H and O–H groups in total. The van der Waals surface area contributed by atoms with Crippen LogP contribution in [0.3, 0.4) is 0 Å². The summed E-state index contributed by atoms with van der Waals surface area (Å²) in [5.41, 5.74) is 0. The standard InChI is InChI=1S/C10H16Cl2N4O2S/c1-3-14-9-7(11)6-8(12)10(16-9)15-4-5-19(17,18)13-2/h6,13H,3-5H2,1-2H3,(H2,14,15,16). The number of nitrogens with zero attached hydrogens (tertiary/aromatic N) is 1. The van der Waals surface area contributed by atoms with Crippen LogP contribution in [-0.2, 0) is 10.0 Å². The molecular weight excluding hydrogens is 311 g/mol. The highest BCUT2D eigenvalue weighted by molar-refractivity contribution is 7.89. The molecule has 0 saturated carbocycles. The van der Waals surface area contributed by atoms with E-state index in [0.29, 0.717) is 28.2 Å². The van der Waals surface area contributed by atoms with Crippen LogP contribution in [0.2, 0.25) is 10.0 Å². The van der Waals surface area contributed by atoms with Gasteiger partial charge >= 0.3 is 0 Å². The van der Waals surface area contributed by atoms with E-state index in [0.717, 1.165) is 0 Å². The van der Waals surface area contributed by atoms with Gasteiger partial charge in [-0.05, 0) is 20.0 Å². The van der Waals surface area contributed by atoms with Crippen LogP contribution in [-0.4, -0.2) is 39.3 Å². The highest BCUT2D eigenvalue weighted by atomic mass is 35.5. The zero-order valence-corrected chi connectivity index (χ0v) is 13.0. The van der Waals surface area contributed by atoms with Gasteiger partial charge in [0, 0.05) is 13.1 Å². The van der Waals surface area contributed by atoms with Gasteiger partial charge in [-0.1, -0.05) is 23.2 Å². The highest BCUT2D eigenvalue weighted by Gasteiger charge is 2.10. The first-order valence-electron chi connectivity index (χ1n) is 5.64. The Morgan fingerprint density at radius 1 is 1.21 bits per heavy atom. The van der Waals surface area contributed by atoms with Crippen molar-refractivity contribution in [3.8, 4) is 0 Å². The Morgan fingerprint density at radius 3 is 2.32 bits per heavy atom. The summed E-state index contributed by atoms with van der Waals surface area (Å²) in [6.45, 7) is 2.78. The molecule has 108 valence electrons. The largest absolute Gasteiger partial charge is 0.369 e. The summed E-state index contributed by atoms with van der Waals surface area (Å²) < 4.78 is 24.7. The van der Waals surface area contributed by atoms with Gasteiger partial charge in [0.1, 0.15) is 11.6 Å². The van der Waals surface area contributed by atoms with Gasteiger partial charge in [-0.15, -0.1) is 0 Å². The fraction of sp³-hybridized carbons (Fsp3) is 0.500. The SMILES string of the molecule is CCNc1nc(NCCS(=O)(=O)NC)c(Cl)cc1Cl. The lowest BCUT2D eigenvalue weighted by Crippen LogP contribution is -2.26. The van der Waals surface area contributed by atoms with Gasteiger partial charge in [-0.25, -0.2) is 18.1 Å². The van der Waals surface area contributed by atoms with Crippen LogP contribution >= 0.6 is 23.2 Å². The fourth-order valence-electron chi connectivity index (χ4n) is 1.29. The zero-order chi connectivity index (χ0) is 14.5. The van der Waals surface area contributed by atoms with Crippen LogP contribution < -0.4 is 15.4 Å². The second kappa shape index (κ2) is 7.14. The Labute approximate surface area is 122 Å². The summed E-state index contributed by atoms with van der Waals surface area (Å²) in [5.74, 6) is 0.835. The molecule has 0 aromatic carbocycles. The van der Waals surface area contributed by atoms with Gasteiger partial charge in [-0.3, -0.25) is 0 Å². The lowest BCUT2D eigenvalue weighted by atomic mass is 10.4. The molecular formula is C10H16Cl2N4O2S. The number of anilines is 2. The van der Waals surface area contributed by atoms with Crippen molar-refractivity contribution >= 4 is 44.9 Å². The molecule has 0 saturated heterocycles. The number of hydrogen-bond acceptors (Lipinski definition) is 5. The predicted molar refractivity (Wildman–Crippen MR) is 79.8 cm³/mol. The normalized spacial score (nSPS) is 11.4. The minimum atomic E-state index is -3.26. The molecule has 1 aromatic heterocycles. The number of hydrogen-bond donors (Lipinski definition) is 3. The quantitative estimate of drug-likeness (QED) is 0.711. The van der Waals surface area contributed by atoms with Gasteiger partial charge in [0.2, 0.25) is 10.0 Å². The molecule has 0 bridgehead atoms. The van der Waals surface area contributed by atoms with E-state index >= 15 is 0 Å². The van der Waals surface area contributed by atoms with Crippen LogP contribution in [0.5, 0.6) is 0 Å². The summed E-state index contributed by atoms with van der Waals surface area (Å²) in [4.78, 5) is 4.21. The number of sulfonamides is 1. The predicted octanol–water partition coefficient (Wildman–Crippen LogP) is 1.78. The number of pyridine rings is 1. The molecule has 0 aliphatic carbocycles. The van der Waals surface area contributed by atoms with Crippen molar-refractivity contribution in [2.75, 3.05) is 36.5 Å². The molecule has 0 aliphatic rings. The fourth-order valence-corrected chi connectivity index (χ4v) is 2.35. The molecule has 0 unspecified atom stereocenters. The topological polar surface area (TPSA) is 83.1 Å². The number of nitrogens with one attached hydrogen (secondary N) is 3. The van der Waals surface area contributed by atoms with E-state index in [9.17, 15) is 8.42 Å². The van der Waals surface area contributed by atoms with E-state index in [1.807, 2.05) is 6.92 Å². The molecule has 1 aromatic rings. The smallest absolute Gasteiger partial charge is 0.213 e. The number of halogens is 2. The zero-order valence-electron chi connectivity index (χ0n) is 10.6. The average molecular weight is 327 g/mol. The van der Waals surface area contributed by atoms with Crippen LogP contribution in [0.4, 0.5) is 11.6 Å². The minimum absolute atomic E-state index is 0.0688. The maximum atomic E-state index is 11.3. The van der Waals surface area contributed by atoms with Crippen molar-refractivity contribution in [1.82, 2.24) is 9.71 Å².